The highest BCUT2D eigenvalue weighted by molar-refractivity contribution is 5.25. The number of aryl methyl sites for hydroxylation is 1. The van der Waals surface area contributed by atoms with Crippen LogP contribution in [0.25, 0.3) is 0 Å². The first-order valence-corrected chi connectivity index (χ1v) is 8.04. The van der Waals surface area contributed by atoms with Crippen molar-refractivity contribution in [1.29, 1.82) is 0 Å². The van der Waals surface area contributed by atoms with Crippen LogP contribution in [0.1, 0.15) is 57.7 Å². The molecular formula is C17H28N2O. The van der Waals surface area contributed by atoms with Crippen molar-refractivity contribution in [3.05, 3.63) is 23.4 Å². The van der Waals surface area contributed by atoms with Crippen LogP contribution in [0.5, 0.6) is 5.88 Å². The molecule has 3 nitrogen and oxygen atoms in total. The van der Waals surface area contributed by atoms with E-state index in [-0.39, 0.29) is 0 Å². The van der Waals surface area contributed by atoms with Gasteiger partial charge in [0, 0.05) is 18.3 Å². The number of hydrogen-bond acceptors (Lipinski definition) is 3. The SMILES string of the molecule is CCCc1cc(CNCC(C)C)cc(OC2CCC2)n1. The second kappa shape index (κ2) is 7.63. The Labute approximate surface area is 123 Å². The van der Waals surface area contributed by atoms with E-state index >= 15 is 0 Å². The van der Waals surface area contributed by atoms with Crippen molar-refractivity contribution in [3.8, 4) is 5.88 Å². The number of hydrogen-bond donors (Lipinski definition) is 1. The third kappa shape index (κ3) is 4.78. The van der Waals surface area contributed by atoms with Crippen molar-refractivity contribution in [1.82, 2.24) is 10.3 Å². The molecule has 20 heavy (non-hydrogen) atoms. The molecule has 0 unspecified atom stereocenters. The van der Waals surface area contributed by atoms with Gasteiger partial charge in [-0.2, -0.15) is 0 Å². The lowest BCUT2D eigenvalue weighted by Crippen LogP contribution is -2.25. The van der Waals surface area contributed by atoms with Gasteiger partial charge in [-0.1, -0.05) is 27.2 Å². The molecular weight excluding hydrogens is 248 g/mol. The summed E-state index contributed by atoms with van der Waals surface area (Å²) in [4.78, 5) is 4.64. The molecule has 112 valence electrons. The maximum atomic E-state index is 5.97. The number of rotatable bonds is 8. The molecule has 2 rings (SSSR count). The Morgan fingerprint density at radius 1 is 1.35 bits per heavy atom. The van der Waals surface area contributed by atoms with Crippen LogP contribution in [0.2, 0.25) is 0 Å². The first kappa shape index (κ1) is 15.3. The minimum absolute atomic E-state index is 0.399. The van der Waals surface area contributed by atoms with Crippen LogP contribution in [0.3, 0.4) is 0 Å². The fourth-order valence-electron chi connectivity index (χ4n) is 2.33. The maximum Gasteiger partial charge on any atom is 0.214 e. The summed E-state index contributed by atoms with van der Waals surface area (Å²) >= 11 is 0. The highest BCUT2D eigenvalue weighted by atomic mass is 16.5. The Kier molecular flexibility index (Phi) is 5.84. The van der Waals surface area contributed by atoms with E-state index in [1.165, 1.54) is 24.8 Å². The molecule has 1 fully saturated rings. The van der Waals surface area contributed by atoms with Crippen molar-refractivity contribution in [3.63, 3.8) is 0 Å². The molecule has 1 aliphatic carbocycles. The average Bonchev–Trinajstić information content (AvgIpc) is 2.34. The first-order chi connectivity index (χ1) is 9.67. The molecule has 0 aromatic carbocycles. The van der Waals surface area contributed by atoms with Gasteiger partial charge in [0.2, 0.25) is 5.88 Å². The topological polar surface area (TPSA) is 34.1 Å². The summed E-state index contributed by atoms with van der Waals surface area (Å²) in [5.41, 5.74) is 2.45. The standard InChI is InChI=1S/C17H28N2O/c1-4-6-15-9-14(12-18-11-13(2)3)10-17(19-15)20-16-7-5-8-16/h9-10,13,16,18H,4-8,11-12H2,1-3H3. The van der Waals surface area contributed by atoms with Gasteiger partial charge in [0.25, 0.3) is 0 Å². The van der Waals surface area contributed by atoms with Gasteiger partial charge in [0.1, 0.15) is 6.10 Å². The van der Waals surface area contributed by atoms with Gasteiger partial charge in [0.15, 0.2) is 0 Å². The molecule has 1 heterocycles. The molecule has 0 bridgehead atoms. The second-order valence-electron chi connectivity index (χ2n) is 6.25. The van der Waals surface area contributed by atoms with E-state index in [1.54, 1.807) is 0 Å². The number of ether oxygens (including phenoxy) is 1. The molecule has 0 atom stereocenters. The van der Waals surface area contributed by atoms with E-state index in [2.05, 4.69) is 43.2 Å². The van der Waals surface area contributed by atoms with Gasteiger partial charge < -0.3 is 10.1 Å². The summed E-state index contributed by atoms with van der Waals surface area (Å²) in [7, 11) is 0. The molecule has 0 aliphatic heterocycles. The van der Waals surface area contributed by atoms with Crippen LogP contribution >= 0.6 is 0 Å². The van der Waals surface area contributed by atoms with Crippen molar-refractivity contribution in [2.45, 2.75) is 65.5 Å². The maximum absolute atomic E-state index is 5.97. The summed E-state index contributed by atoms with van der Waals surface area (Å²) in [6, 6.07) is 4.31. The molecule has 1 N–H and O–H groups in total. The number of nitrogens with zero attached hydrogens (tertiary/aromatic N) is 1. The Bertz CT molecular complexity index is 413. The first-order valence-electron chi connectivity index (χ1n) is 8.04. The zero-order valence-corrected chi connectivity index (χ0v) is 13.1. The van der Waals surface area contributed by atoms with Crippen molar-refractivity contribution < 1.29 is 4.74 Å². The third-order valence-corrected chi connectivity index (χ3v) is 3.64. The van der Waals surface area contributed by atoms with Crippen LogP contribution in [0, 0.1) is 5.92 Å². The lowest BCUT2D eigenvalue weighted by Gasteiger charge is -2.26. The summed E-state index contributed by atoms with van der Waals surface area (Å²) in [6.07, 6.45) is 6.21. The fraction of sp³-hybridized carbons (Fsp3) is 0.706. The van der Waals surface area contributed by atoms with E-state index in [0.29, 0.717) is 12.0 Å². The lowest BCUT2D eigenvalue weighted by atomic mass is 9.96. The van der Waals surface area contributed by atoms with Gasteiger partial charge in [0.05, 0.1) is 0 Å². The summed E-state index contributed by atoms with van der Waals surface area (Å²) in [6.45, 7) is 8.60. The molecule has 3 heteroatoms. The zero-order chi connectivity index (χ0) is 14.4. The van der Waals surface area contributed by atoms with E-state index in [4.69, 9.17) is 4.74 Å². The predicted molar refractivity (Wildman–Crippen MR) is 83.0 cm³/mol. The van der Waals surface area contributed by atoms with Crippen molar-refractivity contribution >= 4 is 0 Å². The average molecular weight is 276 g/mol. The van der Waals surface area contributed by atoms with Crippen molar-refractivity contribution in [2.75, 3.05) is 6.54 Å². The number of pyridine rings is 1. The van der Waals surface area contributed by atoms with Gasteiger partial charge in [-0.25, -0.2) is 4.98 Å². The smallest absolute Gasteiger partial charge is 0.214 e. The van der Waals surface area contributed by atoms with E-state index in [0.717, 1.165) is 37.5 Å². The third-order valence-electron chi connectivity index (χ3n) is 3.64. The molecule has 0 saturated heterocycles. The molecule has 1 saturated carbocycles. The predicted octanol–water partition coefficient (Wildman–Crippen LogP) is 3.71. The fourth-order valence-corrected chi connectivity index (χ4v) is 2.33. The van der Waals surface area contributed by atoms with Gasteiger partial charge in [-0.05, 0) is 49.8 Å². The monoisotopic (exact) mass is 276 g/mol. The van der Waals surface area contributed by atoms with Crippen LogP contribution < -0.4 is 10.1 Å². The normalized spacial score (nSPS) is 15.4. The zero-order valence-electron chi connectivity index (χ0n) is 13.1. The summed E-state index contributed by atoms with van der Waals surface area (Å²) in [5, 5.41) is 3.50. The summed E-state index contributed by atoms with van der Waals surface area (Å²) < 4.78 is 5.97. The van der Waals surface area contributed by atoms with Gasteiger partial charge in [-0.3, -0.25) is 0 Å². The second-order valence-corrected chi connectivity index (χ2v) is 6.25. The quantitative estimate of drug-likeness (QED) is 0.786. The van der Waals surface area contributed by atoms with Crippen LogP contribution in [0.15, 0.2) is 12.1 Å². The molecule has 1 aromatic heterocycles. The van der Waals surface area contributed by atoms with E-state index < -0.39 is 0 Å². The van der Waals surface area contributed by atoms with Gasteiger partial charge in [-0.15, -0.1) is 0 Å². The van der Waals surface area contributed by atoms with Crippen LogP contribution in [0.4, 0.5) is 0 Å². The molecule has 0 radical (unpaired) electrons. The van der Waals surface area contributed by atoms with E-state index in [1.807, 2.05) is 0 Å². The molecule has 0 spiro atoms. The Balaban J connectivity index is 2.00. The Hall–Kier alpha value is -1.09. The largest absolute Gasteiger partial charge is 0.474 e. The molecule has 0 amide bonds. The van der Waals surface area contributed by atoms with E-state index in [9.17, 15) is 0 Å². The summed E-state index contributed by atoms with van der Waals surface area (Å²) in [5.74, 6) is 1.50. The molecule has 1 aromatic rings. The minimum atomic E-state index is 0.399. The number of aromatic nitrogens is 1. The highest BCUT2D eigenvalue weighted by Gasteiger charge is 2.20. The van der Waals surface area contributed by atoms with Gasteiger partial charge >= 0.3 is 0 Å². The number of nitrogens with one attached hydrogen (secondary N) is 1. The minimum Gasteiger partial charge on any atom is -0.474 e. The Morgan fingerprint density at radius 2 is 2.15 bits per heavy atom. The van der Waals surface area contributed by atoms with Crippen molar-refractivity contribution in [2.24, 2.45) is 5.92 Å². The lowest BCUT2D eigenvalue weighted by molar-refractivity contribution is 0.114. The van der Waals surface area contributed by atoms with Crippen LogP contribution in [-0.4, -0.2) is 17.6 Å². The van der Waals surface area contributed by atoms with Crippen LogP contribution in [-0.2, 0) is 13.0 Å². The Morgan fingerprint density at radius 3 is 2.75 bits per heavy atom. The molecule has 1 aliphatic rings. The highest BCUT2D eigenvalue weighted by Crippen LogP contribution is 2.25.